The van der Waals surface area contributed by atoms with E-state index in [0.717, 1.165) is 17.9 Å². The minimum atomic E-state index is 0.0380. The van der Waals surface area contributed by atoms with E-state index in [-0.39, 0.29) is 18.5 Å². The summed E-state index contributed by atoms with van der Waals surface area (Å²) < 4.78 is 6.03. The van der Waals surface area contributed by atoms with Gasteiger partial charge in [-0.2, -0.15) is 0 Å². The van der Waals surface area contributed by atoms with E-state index in [1.807, 2.05) is 18.2 Å². The van der Waals surface area contributed by atoms with E-state index >= 15 is 0 Å². The first-order valence-electron chi connectivity index (χ1n) is 7.15. The maximum Gasteiger partial charge on any atom is 0.143 e. The lowest BCUT2D eigenvalue weighted by molar-refractivity contribution is 0.189. The molecule has 0 aromatic heterocycles. The fraction of sp³-hybridized carbons (Fsp3) is 0.294. The highest BCUT2D eigenvalue weighted by Crippen LogP contribution is 2.36. The van der Waals surface area contributed by atoms with Gasteiger partial charge >= 0.3 is 0 Å². The zero-order valence-electron chi connectivity index (χ0n) is 11.8. The van der Waals surface area contributed by atoms with Crippen LogP contribution in [0.4, 0.5) is 5.69 Å². The van der Waals surface area contributed by atoms with Gasteiger partial charge in [0.25, 0.3) is 0 Å². The molecule has 21 heavy (non-hydrogen) atoms. The van der Waals surface area contributed by atoms with Crippen LogP contribution >= 0.6 is 0 Å². The molecule has 0 saturated carbocycles. The van der Waals surface area contributed by atoms with E-state index in [0.29, 0.717) is 13.1 Å². The summed E-state index contributed by atoms with van der Waals surface area (Å²) in [5.74, 6) is 0.968. The number of aliphatic hydroxyl groups is 1. The SMILES string of the molecule is OCCN1CC(Cc2ccccc2)Oc2ccc(O)cc21. The van der Waals surface area contributed by atoms with Gasteiger partial charge in [-0.05, 0) is 17.7 Å². The van der Waals surface area contributed by atoms with Gasteiger partial charge in [0.2, 0.25) is 0 Å². The standard InChI is InChI=1S/C17H19NO3/c19-9-8-18-12-15(10-13-4-2-1-3-5-13)21-17-7-6-14(20)11-16(17)18/h1-7,11,15,19-20H,8-10,12H2. The second kappa shape index (κ2) is 6.06. The summed E-state index contributed by atoms with van der Waals surface area (Å²) in [4.78, 5) is 2.06. The normalized spacial score (nSPS) is 17.2. The number of phenolic OH excluding ortho intramolecular Hbond substituents is 1. The molecule has 2 aromatic rings. The van der Waals surface area contributed by atoms with Crippen LogP contribution in [0.5, 0.6) is 11.5 Å². The third-order valence-corrected chi connectivity index (χ3v) is 3.68. The zero-order valence-corrected chi connectivity index (χ0v) is 11.8. The molecule has 0 spiro atoms. The molecule has 2 aromatic carbocycles. The molecule has 4 heteroatoms. The van der Waals surface area contributed by atoms with Crippen molar-refractivity contribution in [3.05, 3.63) is 54.1 Å². The molecule has 2 N–H and O–H groups in total. The van der Waals surface area contributed by atoms with Gasteiger partial charge in [-0.1, -0.05) is 30.3 Å². The molecule has 0 bridgehead atoms. The monoisotopic (exact) mass is 285 g/mol. The lowest BCUT2D eigenvalue weighted by atomic mass is 10.1. The Balaban J connectivity index is 1.82. The lowest BCUT2D eigenvalue weighted by Crippen LogP contribution is -2.42. The number of aromatic hydroxyl groups is 1. The predicted octanol–water partition coefficient (Wildman–Crippen LogP) is 2.19. The van der Waals surface area contributed by atoms with Crippen LogP contribution in [-0.2, 0) is 6.42 Å². The number of anilines is 1. The lowest BCUT2D eigenvalue weighted by Gasteiger charge is -2.36. The van der Waals surface area contributed by atoms with Crippen LogP contribution in [0.3, 0.4) is 0 Å². The number of fused-ring (bicyclic) bond motifs is 1. The summed E-state index contributed by atoms with van der Waals surface area (Å²) >= 11 is 0. The molecular weight excluding hydrogens is 266 g/mol. The molecule has 0 amide bonds. The number of β-amino-alcohol motifs (C(OH)–C–C–N with tert-alkyl or cyclic N) is 1. The van der Waals surface area contributed by atoms with Crippen molar-refractivity contribution in [2.24, 2.45) is 0 Å². The second-order valence-electron chi connectivity index (χ2n) is 5.25. The van der Waals surface area contributed by atoms with E-state index < -0.39 is 0 Å². The van der Waals surface area contributed by atoms with Crippen molar-refractivity contribution in [1.29, 1.82) is 0 Å². The Hall–Kier alpha value is -2.20. The number of hydrogen-bond acceptors (Lipinski definition) is 4. The van der Waals surface area contributed by atoms with Crippen LogP contribution in [0.25, 0.3) is 0 Å². The highest BCUT2D eigenvalue weighted by molar-refractivity contribution is 5.63. The van der Waals surface area contributed by atoms with Gasteiger partial charge in [-0.25, -0.2) is 0 Å². The molecule has 0 radical (unpaired) electrons. The van der Waals surface area contributed by atoms with Crippen molar-refractivity contribution in [1.82, 2.24) is 0 Å². The molecule has 0 aliphatic carbocycles. The number of phenols is 1. The Morgan fingerprint density at radius 2 is 1.95 bits per heavy atom. The van der Waals surface area contributed by atoms with Crippen LogP contribution in [0.15, 0.2) is 48.5 Å². The maximum absolute atomic E-state index is 9.63. The molecule has 1 atom stereocenters. The molecular formula is C17H19NO3. The summed E-state index contributed by atoms with van der Waals surface area (Å²) in [6, 6.07) is 15.3. The van der Waals surface area contributed by atoms with Gasteiger partial charge in [0.15, 0.2) is 0 Å². The second-order valence-corrected chi connectivity index (χ2v) is 5.25. The van der Waals surface area contributed by atoms with Crippen LogP contribution < -0.4 is 9.64 Å². The molecule has 1 aliphatic heterocycles. The molecule has 0 fully saturated rings. The molecule has 110 valence electrons. The predicted molar refractivity (Wildman–Crippen MR) is 82.0 cm³/mol. The zero-order chi connectivity index (χ0) is 14.7. The molecule has 1 heterocycles. The molecule has 3 rings (SSSR count). The van der Waals surface area contributed by atoms with Crippen molar-refractivity contribution in [3.8, 4) is 11.5 Å². The van der Waals surface area contributed by atoms with E-state index in [1.165, 1.54) is 5.56 Å². The average molecular weight is 285 g/mol. The topological polar surface area (TPSA) is 52.9 Å². The number of aliphatic hydroxyl groups excluding tert-OH is 1. The van der Waals surface area contributed by atoms with E-state index in [1.54, 1.807) is 18.2 Å². The minimum Gasteiger partial charge on any atom is -0.508 e. The first-order chi connectivity index (χ1) is 10.3. The Morgan fingerprint density at radius 3 is 2.71 bits per heavy atom. The van der Waals surface area contributed by atoms with Crippen molar-refractivity contribution in [2.75, 3.05) is 24.6 Å². The Bertz CT molecular complexity index is 600. The van der Waals surface area contributed by atoms with Gasteiger partial charge < -0.3 is 19.8 Å². The van der Waals surface area contributed by atoms with Gasteiger partial charge in [-0.15, -0.1) is 0 Å². The highest BCUT2D eigenvalue weighted by atomic mass is 16.5. The largest absolute Gasteiger partial charge is 0.508 e. The molecule has 1 aliphatic rings. The number of rotatable bonds is 4. The number of nitrogens with zero attached hydrogens (tertiary/aromatic N) is 1. The summed E-state index contributed by atoms with van der Waals surface area (Å²) in [5.41, 5.74) is 2.07. The molecule has 4 nitrogen and oxygen atoms in total. The average Bonchev–Trinajstić information content (AvgIpc) is 2.49. The Kier molecular flexibility index (Phi) is 3.97. The van der Waals surface area contributed by atoms with Crippen molar-refractivity contribution in [3.63, 3.8) is 0 Å². The quantitative estimate of drug-likeness (QED) is 0.904. The third-order valence-electron chi connectivity index (χ3n) is 3.68. The van der Waals surface area contributed by atoms with Crippen LogP contribution in [-0.4, -0.2) is 36.0 Å². The fourth-order valence-electron chi connectivity index (χ4n) is 2.73. The van der Waals surface area contributed by atoms with Crippen molar-refractivity contribution < 1.29 is 14.9 Å². The maximum atomic E-state index is 9.63. The van der Waals surface area contributed by atoms with E-state index in [9.17, 15) is 10.2 Å². The van der Waals surface area contributed by atoms with Crippen LogP contribution in [0, 0.1) is 0 Å². The summed E-state index contributed by atoms with van der Waals surface area (Å²) in [6.07, 6.45) is 0.860. The number of hydrogen-bond donors (Lipinski definition) is 2. The molecule has 1 unspecified atom stereocenters. The van der Waals surface area contributed by atoms with E-state index in [2.05, 4.69) is 17.0 Å². The minimum absolute atomic E-state index is 0.0380. The van der Waals surface area contributed by atoms with Crippen molar-refractivity contribution >= 4 is 5.69 Å². The Labute approximate surface area is 124 Å². The van der Waals surface area contributed by atoms with Gasteiger partial charge in [0.05, 0.1) is 18.8 Å². The summed E-state index contributed by atoms with van der Waals surface area (Å²) in [5, 5.41) is 18.9. The van der Waals surface area contributed by atoms with Crippen LogP contribution in [0.2, 0.25) is 0 Å². The Morgan fingerprint density at radius 1 is 1.14 bits per heavy atom. The third kappa shape index (κ3) is 3.11. The number of benzene rings is 2. The van der Waals surface area contributed by atoms with E-state index in [4.69, 9.17) is 4.74 Å². The van der Waals surface area contributed by atoms with Gasteiger partial charge in [0, 0.05) is 19.0 Å². The van der Waals surface area contributed by atoms with Gasteiger partial charge in [0.1, 0.15) is 17.6 Å². The highest BCUT2D eigenvalue weighted by Gasteiger charge is 2.25. The number of ether oxygens (including phenoxy) is 1. The van der Waals surface area contributed by atoms with Gasteiger partial charge in [-0.3, -0.25) is 0 Å². The fourth-order valence-corrected chi connectivity index (χ4v) is 2.73. The first kappa shape index (κ1) is 13.8. The smallest absolute Gasteiger partial charge is 0.143 e. The van der Waals surface area contributed by atoms with Crippen molar-refractivity contribution in [2.45, 2.75) is 12.5 Å². The van der Waals surface area contributed by atoms with Crippen LogP contribution in [0.1, 0.15) is 5.56 Å². The molecule has 0 saturated heterocycles. The summed E-state index contributed by atoms with van der Waals surface area (Å²) in [7, 11) is 0. The first-order valence-corrected chi connectivity index (χ1v) is 7.15. The summed E-state index contributed by atoms with van der Waals surface area (Å²) in [6.45, 7) is 1.31.